The Hall–Kier alpha value is -0.990. The molecule has 1 N–H and O–H groups in total. The Morgan fingerprint density at radius 2 is 1.94 bits per heavy atom. The average Bonchev–Trinajstić information content (AvgIpc) is 2.80. The Kier molecular flexibility index (Phi) is 5.36. The molecule has 0 aliphatic carbocycles. The van der Waals surface area contributed by atoms with Crippen LogP contribution in [0.5, 0.6) is 5.75 Å². The summed E-state index contributed by atoms with van der Waals surface area (Å²) in [6, 6.07) is 8.33. The van der Waals surface area contributed by atoms with E-state index in [0.717, 1.165) is 25.3 Å². The van der Waals surface area contributed by atoms with Crippen molar-refractivity contribution in [2.24, 2.45) is 0 Å². The molecule has 1 aliphatic rings. The first-order valence-electron chi connectivity index (χ1n) is 5.40. The zero-order chi connectivity index (χ0) is 10.5. The van der Waals surface area contributed by atoms with E-state index in [1.54, 1.807) is 7.11 Å². The van der Waals surface area contributed by atoms with Crippen molar-refractivity contribution in [3.8, 4) is 5.75 Å². The van der Waals surface area contributed by atoms with Gasteiger partial charge in [0.05, 0.1) is 7.11 Å². The Labute approximate surface area is 103 Å². The van der Waals surface area contributed by atoms with Crippen LogP contribution in [0.25, 0.3) is 0 Å². The Balaban J connectivity index is 0.00000128. The van der Waals surface area contributed by atoms with Gasteiger partial charge in [-0.05, 0) is 30.5 Å². The molecule has 0 aromatic heterocycles. The van der Waals surface area contributed by atoms with E-state index in [1.165, 1.54) is 17.6 Å². The van der Waals surface area contributed by atoms with Gasteiger partial charge in [0.1, 0.15) is 5.75 Å². The van der Waals surface area contributed by atoms with Crippen molar-refractivity contribution >= 4 is 12.4 Å². The smallest absolute Gasteiger partial charge is 0.118 e. The summed E-state index contributed by atoms with van der Waals surface area (Å²) in [5.41, 5.74) is 2.91. The van der Waals surface area contributed by atoms with Crippen molar-refractivity contribution in [2.75, 3.05) is 20.2 Å². The average molecular weight is 240 g/mol. The molecule has 1 aromatic carbocycles. The molecule has 0 atom stereocenters. The van der Waals surface area contributed by atoms with Crippen LogP contribution in [0.1, 0.15) is 12.0 Å². The van der Waals surface area contributed by atoms with Crippen LogP contribution < -0.4 is 10.1 Å². The van der Waals surface area contributed by atoms with Gasteiger partial charge >= 0.3 is 0 Å². The molecule has 1 aliphatic heterocycles. The summed E-state index contributed by atoms with van der Waals surface area (Å²) in [5.74, 6) is 0.931. The molecule has 2 nitrogen and oxygen atoms in total. The summed E-state index contributed by atoms with van der Waals surface area (Å²) < 4.78 is 5.13. The highest BCUT2D eigenvalue weighted by Crippen LogP contribution is 2.15. The lowest BCUT2D eigenvalue weighted by molar-refractivity contribution is 0.414. The second kappa shape index (κ2) is 6.56. The molecule has 3 heteroatoms. The van der Waals surface area contributed by atoms with E-state index in [-0.39, 0.29) is 12.4 Å². The molecule has 0 radical (unpaired) electrons. The molecule has 1 heterocycles. The molecular weight excluding hydrogens is 222 g/mol. The van der Waals surface area contributed by atoms with Crippen LogP contribution >= 0.6 is 12.4 Å². The number of benzene rings is 1. The second-order valence-corrected chi connectivity index (χ2v) is 3.84. The van der Waals surface area contributed by atoms with Gasteiger partial charge in [-0.2, -0.15) is 0 Å². The summed E-state index contributed by atoms with van der Waals surface area (Å²) in [6.07, 6.45) is 4.58. The number of methoxy groups -OCH3 is 1. The lowest BCUT2D eigenvalue weighted by Crippen LogP contribution is -2.08. The summed E-state index contributed by atoms with van der Waals surface area (Å²) in [7, 11) is 1.70. The van der Waals surface area contributed by atoms with Crippen LogP contribution in [0.15, 0.2) is 35.9 Å². The van der Waals surface area contributed by atoms with Gasteiger partial charge in [-0.25, -0.2) is 0 Å². The predicted octanol–water partition coefficient (Wildman–Crippen LogP) is 2.58. The Morgan fingerprint density at radius 3 is 2.50 bits per heavy atom. The van der Waals surface area contributed by atoms with E-state index in [1.807, 2.05) is 12.1 Å². The number of ether oxygens (including phenoxy) is 1. The molecule has 0 unspecified atom stereocenters. The van der Waals surface area contributed by atoms with Crippen LogP contribution in [0.4, 0.5) is 0 Å². The first-order chi connectivity index (χ1) is 7.38. The van der Waals surface area contributed by atoms with E-state index >= 15 is 0 Å². The lowest BCUT2D eigenvalue weighted by atomic mass is 10.1. The molecule has 0 bridgehead atoms. The van der Waals surface area contributed by atoms with Gasteiger partial charge in [-0.15, -0.1) is 12.4 Å². The zero-order valence-electron chi connectivity index (χ0n) is 9.53. The number of aryl methyl sites for hydroxylation is 1. The molecule has 0 saturated carbocycles. The summed E-state index contributed by atoms with van der Waals surface area (Å²) in [4.78, 5) is 0. The molecule has 0 saturated heterocycles. The van der Waals surface area contributed by atoms with Gasteiger partial charge in [-0.1, -0.05) is 23.8 Å². The van der Waals surface area contributed by atoms with Gasteiger partial charge in [0.2, 0.25) is 0 Å². The van der Waals surface area contributed by atoms with Crippen molar-refractivity contribution < 1.29 is 4.74 Å². The van der Waals surface area contributed by atoms with Crippen molar-refractivity contribution in [2.45, 2.75) is 12.8 Å². The molecule has 0 amide bonds. The van der Waals surface area contributed by atoms with Crippen molar-refractivity contribution in [1.82, 2.24) is 5.32 Å². The number of hydrogen-bond acceptors (Lipinski definition) is 2. The third-order valence-corrected chi connectivity index (χ3v) is 2.78. The van der Waals surface area contributed by atoms with Crippen LogP contribution in [-0.4, -0.2) is 20.2 Å². The van der Waals surface area contributed by atoms with Gasteiger partial charge in [-0.3, -0.25) is 0 Å². The summed E-state index contributed by atoms with van der Waals surface area (Å²) in [5, 5.41) is 3.31. The van der Waals surface area contributed by atoms with E-state index in [9.17, 15) is 0 Å². The van der Waals surface area contributed by atoms with Crippen molar-refractivity contribution in [1.29, 1.82) is 0 Å². The summed E-state index contributed by atoms with van der Waals surface area (Å²) >= 11 is 0. The minimum absolute atomic E-state index is 0. The van der Waals surface area contributed by atoms with E-state index in [4.69, 9.17) is 4.74 Å². The largest absolute Gasteiger partial charge is 0.497 e. The lowest BCUT2D eigenvalue weighted by Gasteiger charge is -2.04. The third-order valence-electron chi connectivity index (χ3n) is 2.78. The highest BCUT2D eigenvalue weighted by Gasteiger charge is 2.03. The standard InChI is InChI=1S/C13H17NO.ClH/c1-15-13-6-4-11(5-7-13)2-3-12-8-9-14-10-12;/h4-8,14H,2-3,9-10H2,1H3;1H. The fourth-order valence-corrected chi connectivity index (χ4v) is 1.81. The minimum atomic E-state index is 0. The van der Waals surface area contributed by atoms with Gasteiger partial charge in [0.15, 0.2) is 0 Å². The third kappa shape index (κ3) is 3.54. The van der Waals surface area contributed by atoms with Gasteiger partial charge in [0, 0.05) is 13.1 Å². The van der Waals surface area contributed by atoms with Crippen molar-refractivity contribution in [3.63, 3.8) is 0 Å². The second-order valence-electron chi connectivity index (χ2n) is 3.84. The van der Waals surface area contributed by atoms with Gasteiger partial charge in [0.25, 0.3) is 0 Å². The number of halogens is 1. The SMILES string of the molecule is COc1ccc(CCC2=CCNC2)cc1.Cl. The van der Waals surface area contributed by atoms with E-state index in [0.29, 0.717) is 0 Å². The maximum Gasteiger partial charge on any atom is 0.118 e. The Bertz CT molecular complexity index is 345. The first-order valence-corrected chi connectivity index (χ1v) is 5.40. The fraction of sp³-hybridized carbons (Fsp3) is 0.385. The van der Waals surface area contributed by atoms with E-state index < -0.39 is 0 Å². The monoisotopic (exact) mass is 239 g/mol. The topological polar surface area (TPSA) is 21.3 Å². The van der Waals surface area contributed by atoms with Crippen LogP contribution in [0.3, 0.4) is 0 Å². The molecule has 1 aromatic rings. The highest BCUT2D eigenvalue weighted by atomic mass is 35.5. The number of nitrogens with one attached hydrogen (secondary N) is 1. The molecule has 2 rings (SSSR count). The number of rotatable bonds is 4. The molecule has 16 heavy (non-hydrogen) atoms. The quantitative estimate of drug-likeness (QED) is 0.816. The van der Waals surface area contributed by atoms with E-state index in [2.05, 4.69) is 23.5 Å². The fourth-order valence-electron chi connectivity index (χ4n) is 1.81. The Morgan fingerprint density at radius 1 is 1.19 bits per heavy atom. The van der Waals surface area contributed by atoms with Crippen molar-refractivity contribution in [3.05, 3.63) is 41.5 Å². The van der Waals surface area contributed by atoms with Crippen LogP contribution in [0.2, 0.25) is 0 Å². The maximum atomic E-state index is 5.13. The minimum Gasteiger partial charge on any atom is -0.497 e. The molecule has 0 spiro atoms. The predicted molar refractivity (Wildman–Crippen MR) is 69.5 cm³/mol. The zero-order valence-corrected chi connectivity index (χ0v) is 10.3. The van der Waals surface area contributed by atoms with Gasteiger partial charge < -0.3 is 10.1 Å². The first kappa shape index (κ1) is 13.1. The maximum absolute atomic E-state index is 5.13. The molecular formula is C13H18ClNO. The molecule has 88 valence electrons. The van der Waals surface area contributed by atoms with Crippen LogP contribution in [0, 0.1) is 0 Å². The highest BCUT2D eigenvalue weighted by molar-refractivity contribution is 5.85. The normalized spacial score (nSPS) is 14.2. The number of hydrogen-bond donors (Lipinski definition) is 1. The summed E-state index contributed by atoms with van der Waals surface area (Å²) in [6.45, 7) is 2.11. The van der Waals surface area contributed by atoms with Crippen LogP contribution in [-0.2, 0) is 6.42 Å². The molecule has 0 fully saturated rings.